The number of rotatable bonds is 7. The molecular formula is C15H19N3O4. The molecule has 7 nitrogen and oxygen atoms in total. The molecule has 0 unspecified atom stereocenters. The molecule has 0 saturated carbocycles. The number of carbonyl (C=O) groups excluding carboxylic acids is 1. The van der Waals surface area contributed by atoms with E-state index in [-0.39, 0.29) is 11.6 Å². The molecule has 7 heteroatoms. The van der Waals surface area contributed by atoms with Gasteiger partial charge in [-0.2, -0.15) is 0 Å². The van der Waals surface area contributed by atoms with Crippen LogP contribution < -0.4 is 20.5 Å². The summed E-state index contributed by atoms with van der Waals surface area (Å²) in [5.41, 5.74) is 6.53. The summed E-state index contributed by atoms with van der Waals surface area (Å²) in [7, 11) is 3.14. The van der Waals surface area contributed by atoms with Crippen molar-refractivity contribution in [3.05, 3.63) is 41.6 Å². The zero-order valence-electron chi connectivity index (χ0n) is 12.6. The van der Waals surface area contributed by atoms with Crippen LogP contribution in [0.3, 0.4) is 0 Å². The molecular weight excluding hydrogens is 286 g/mol. The van der Waals surface area contributed by atoms with Crippen molar-refractivity contribution in [2.24, 2.45) is 5.73 Å². The minimum Gasteiger partial charge on any atom is -0.493 e. The van der Waals surface area contributed by atoms with Gasteiger partial charge in [-0.05, 0) is 17.7 Å². The van der Waals surface area contributed by atoms with Gasteiger partial charge < -0.3 is 24.9 Å². The van der Waals surface area contributed by atoms with Crippen molar-refractivity contribution < 1.29 is 18.7 Å². The lowest BCUT2D eigenvalue weighted by Gasteiger charge is -2.09. The van der Waals surface area contributed by atoms with Crippen LogP contribution in [0.15, 0.2) is 28.9 Å². The first-order valence-corrected chi connectivity index (χ1v) is 6.81. The van der Waals surface area contributed by atoms with Crippen LogP contribution in [0.2, 0.25) is 0 Å². The number of ether oxygens (including phenoxy) is 2. The van der Waals surface area contributed by atoms with Crippen molar-refractivity contribution in [3.8, 4) is 11.5 Å². The molecule has 22 heavy (non-hydrogen) atoms. The zero-order valence-corrected chi connectivity index (χ0v) is 12.6. The van der Waals surface area contributed by atoms with Crippen molar-refractivity contribution >= 4 is 5.91 Å². The summed E-state index contributed by atoms with van der Waals surface area (Å²) in [6.07, 6.45) is 1.83. The van der Waals surface area contributed by atoms with Gasteiger partial charge in [0.1, 0.15) is 6.26 Å². The first-order chi connectivity index (χ1) is 10.7. The Morgan fingerprint density at radius 2 is 2.09 bits per heavy atom. The minimum absolute atomic E-state index is 0.240. The third kappa shape index (κ3) is 3.76. The third-order valence-corrected chi connectivity index (χ3v) is 3.04. The number of oxazole rings is 1. The van der Waals surface area contributed by atoms with Crippen LogP contribution in [0.5, 0.6) is 11.5 Å². The van der Waals surface area contributed by atoms with E-state index >= 15 is 0 Å². The maximum atomic E-state index is 12.0. The van der Waals surface area contributed by atoms with Crippen LogP contribution in [0.1, 0.15) is 21.9 Å². The average molecular weight is 305 g/mol. The molecule has 1 heterocycles. The number of carbonyl (C=O) groups is 1. The van der Waals surface area contributed by atoms with E-state index in [1.165, 1.54) is 6.26 Å². The van der Waals surface area contributed by atoms with E-state index in [1.807, 2.05) is 12.1 Å². The summed E-state index contributed by atoms with van der Waals surface area (Å²) in [6.45, 7) is 0.769. The number of nitrogens with one attached hydrogen (secondary N) is 1. The lowest BCUT2D eigenvalue weighted by atomic mass is 10.2. The Bertz CT molecular complexity index is 639. The van der Waals surface area contributed by atoms with E-state index in [0.29, 0.717) is 36.9 Å². The molecule has 3 N–H and O–H groups in total. The van der Waals surface area contributed by atoms with Gasteiger partial charge in [-0.3, -0.25) is 4.79 Å². The second kappa shape index (κ2) is 7.46. The van der Waals surface area contributed by atoms with E-state index in [1.54, 1.807) is 20.3 Å². The molecule has 2 rings (SSSR count). The Balaban J connectivity index is 1.98. The van der Waals surface area contributed by atoms with Crippen molar-refractivity contribution in [1.82, 2.24) is 10.3 Å². The molecule has 1 aromatic carbocycles. The van der Waals surface area contributed by atoms with Crippen molar-refractivity contribution in [1.29, 1.82) is 0 Å². The number of benzene rings is 1. The molecule has 0 saturated heterocycles. The fraction of sp³-hybridized carbons (Fsp3) is 0.333. The summed E-state index contributed by atoms with van der Waals surface area (Å²) in [4.78, 5) is 16.1. The Labute approximate surface area is 128 Å². The SMILES string of the molecule is COc1ccc(CNC(=O)c2coc(CCN)n2)cc1OC. The molecule has 1 amide bonds. The van der Waals surface area contributed by atoms with Crippen LogP contribution in [-0.4, -0.2) is 31.7 Å². The number of hydrogen-bond acceptors (Lipinski definition) is 6. The highest BCUT2D eigenvalue weighted by molar-refractivity contribution is 5.91. The first-order valence-electron chi connectivity index (χ1n) is 6.81. The van der Waals surface area contributed by atoms with Crippen molar-refractivity contribution in [2.75, 3.05) is 20.8 Å². The Kier molecular flexibility index (Phi) is 5.37. The summed E-state index contributed by atoms with van der Waals surface area (Å²) < 4.78 is 15.5. The maximum Gasteiger partial charge on any atom is 0.273 e. The fourth-order valence-corrected chi connectivity index (χ4v) is 1.92. The number of amides is 1. The van der Waals surface area contributed by atoms with Gasteiger partial charge in [-0.25, -0.2) is 4.98 Å². The predicted octanol–water partition coefficient (Wildman–Crippen LogP) is 1.12. The van der Waals surface area contributed by atoms with Crippen LogP contribution in [0.4, 0.5) is 0 Å². The highest BCUT2D eigenvalue weighted by Gasteiger charge is 2.12. The second-order valence-electron chi connectivity index (χ2n) is 4.54. The number of nitrogens with zero attached hydrogens (tertiary/aromatic N) is 1. The van der Waals surface area contributed by atoms with E-state index in [2.05, 4.69) is 10.3 Å². The molecule has 118 valence electrons. The summed E-state index contributed by atoms with van der Waals surface area (Å²) >= 11 is 0. The third-order valence-electron chi connectivity index (χ3n) is 3.04. The number of aromatic nitrogens is 1. The van der Waals surface area contributed by atoms with Crippen LogP contribution >= 0.6 is 0 Å². The summed E-state index contributed by atoms with van der Waals surface area (Å²) in [6, 6.07) is 5.45. The van der Waals surface area contributed by atoms with Gasteiger partial charge in [0, 0.05) is 19.5 Å². The van der Waals surface area contributed by atoms with E-state index in [4.69, 9.17) is 19.6 Å². The topological polar surface area (TPSA) is 99.6 Å². The monoisotopic (exact) mass is 305 g/mol. The first kappa shape index (κ1) is 15.8. The quantitative estimate of drug-likeness (QED) is 0.795. The fourth-order valence-electron chi connectivity index (χ4n) is 1.92. The Morgan fingerprint density at radius 3 is 2.77 bits per heavy atom. The molecule has 0 aliphatic carbocycles. The number of methoxy groups -OCH3 is 2. The van der Waals surface area contributed by atoms with Crippen LogP contribution in [-0.2, 0) is 13.0 Å². The molecule has 0 aliphatic rings. The predicted molar refractivity (Wildman–Crippen MR) is 80.0 cm³/mol. The molecule has 0 aliphatic heterocycles. The van der Waals surface area contributed by atoms with Gasteiger partial charge >= 0.3 is 0 Å². The largest absolute Gasteiger partial charge is 0.493 e. The molecule has 0 radical (unpaired) electrons. The minimum atomic E-state index is -0.304. The van der Waals surface area contributed by atoms with Gasteiger partial charge in [0.25, 0.3) is 5.91 Å². The van der Waals surface area contributed by atoms with Crippen LogP contribution in [0, 0.1) is 0 Å². The van der Waals surface area contributed by atoms with Gasteiger partial charge in [-0.1, -0.05) is 6.07 Å². The molecule has 1 aromatic heterocycles. The zero-order chi connectivity index (χ0) is 15.9. The number of nitrogens with two attached hydrogens (primary N) is 1. The molecule has 0 fully saturated rings. The van der Waals surface area contributed by atoms with Crippen LogP contribution in [0.25, 0.3) is 0 Å². The molecule has 0 atom stereocenters. The van der Waals surface area contributed by atoms with Gasteiger partial charge in [0.2, 0.25) is 0 Å². The van der Waals surface area contributed by atoms with Crippen molar-refractivity contribution in [2.45, 2.75) is 13.0 Å². The Morgan fingerprint density at radius 1 is 1.32 bits per heavy atom. The Hall–Kier alpha value is -2.54. The van der Waals surface area contributed by atoms with Gasteiger partial charge in [0.05, 0.1) is 14.2 Å². The van der Waals surface area contributed by atoms with E-state index in [0.717, 1.165) is 5.56 Å². The maximum absolute atomic E-state index is 12.0. The molecule has 0 spiro atoms. The smallest absolute Gasteiger partial charge is 0.273 e. The summed E-state index contributed by atoms with van der Waals surface area (Å²) in [5, 5.41) is 2.77. The van der Waals surface area contributed by atoms with Crippen molar-refractivity contribution in [3.63, 3.8) is 0 Å². The van der Waals surface area contributed by atoms with Gasteiger partial charge in [-0.15, -0.1) is 0 Å². The number of hydrogen-bond donors (Lipinski definition) is 2. The van der Waals surface area contributed by atoms with E-state index < -0.39 is 0 Å². The lowest BCUT2D eigenvalue weighted by Crippen LogP contribution is -2.23. The average Bonchev–Trinajstić information content (AvgIpc) is 3.01. The normalized spacial score (nSPS) is 10.3. The summed E-state index contributed by atoms with van der Waals surface area (Å²) in [5.74, 6) is 1.40. The van der Waals surface area contributed by atoms with E-state index in [9.17, 15) is 4.79 Å². The highest BCUT2D eigenvalue weighted by atomic mass is 16.5. The highest BCUT2D eigenvalue weighted by Crippen LogP contribution is 2.27. The molecule has 2 aromatic rings. The van der Waals surface area contributed by atoms with Gasteiger partial charge in [0.15, 0.2) is 23.1 Å². The molecule has 0 bridgehead atoms. The second-order valence-corrected chi connectivity index (χ2v) is 4.54. The lowest BCUT2D eigenvalue weighted by molar-refractivity contribution is 0.0946. The standard InChI is InChI=1S/C15H19N3O4/c1-20-12-4-3-10(7-13(12)21-2)8-17-15(19)11-9-22-14(18-11)5-6-16/h3-4,7,9H,5-6,8,16H2,1-2H3,(H,17,19).